The number of halogens is 2. The van der Waals surface area contributed by atoms with Crippen molar-refractivity contribution in [1.82, 2.24) is 13.9 Å². The molecule has 1 aromatic heterocycles. The lowest BCUT2D eigenvalue weighted by molar-refractivity contribution is 0.252. The van der Waals surface area contributed by atoms with Gasteiger partial charge in [-0.15, -0.1) is 0 Å². The van der Waals surface area contributed by atoms with Gasteiger partial charge < -0.3 is 4.57 Å². The lowest BCUT2D eigenvalue weighted by atomic mass is 9.98. The molecule has 1 saturated heterocycles. The molecule has 0 amide bonds. The van der Waals surface area contributed by atoms with Gasteiger partial charge in [-0.2, -0.15) is 4.31 Å². The number of hydrogen-bond donors (Lipinski definition) is 0. The predicted octanol–water partition coefficient (Wildman–Crippen LogP) is 2.26. The van der Waals surface area contributed by atoms with E-state index < -0.39 is 26.6 Å². The summed E-state index contributed by atoms with van der Waals surface area (Å²) in [6.07, 6.45) is 6.64. The third kappa shape index (κ3) is 3.42. The minimum Gasteiger partial charge on any atom is -0.337 e. The van der Waals surface area contributed by atoms with Crippen molar-refractivity contribution in [2.75, 3.05) is 13.1 Å². The van der Waals surface area contributed by atoms with Crippen molar-refractivity contribution in [3.05, 3.63) is 48.6 Å². The first-order valence-electron chi connectivity index (χ1n) is 7.38. The van der Waals surface area contributed by atoms with Crippen LogP contribution in [0, 0.1) is 17.6 Å². The molecule has 1 fully saturated rings. The van der Waals surface area contributed by atoms with Gasteiger partial charge in [-0.1, -0.05) is 0 Å². The molecule has 5 nitrogen and oxygen atoms in total. The van der Waals surface area contributed by atoms with E-state index in [0.717, 1.165) is 24.7 Å². The summed E-state index contributed by atoms with van der Waals surface area (Å²) in [5.74, 6) is -1.35. The number of sulfonamides is 1. The van der Waals surface area contributed by atoms with Gasteiger partial charge in [0.15, 0.2) is 0 Å². The van der Waals surface area contributed by atoms with Crippen molar-refractivity contribution in [2.24, 2.45) is 5.92 Å². The van der Waals surface area contributed by atoms with Crippen molar-refractivity contribution in [1.29, 1.82) is 0 Å². The smallest absolute Gasteiger partial charge is 0.246 e. The number of aromatic nitrogens is 2. The van der Waals surface area contributed by atoms with E-state index in [-0.39, 0.29) is 0 Å². The van der Waals surface area contributed by atoms with E-state index in [4.69, 9.17) is 0 Å². The van der Waals surface area contributed by atoms with Gasteiger partial charge in [-0.05, 0) is 37.0 Å². The fourth-order valence-electron chi connectivity index (χ4n) is 2.84. The lowest BCUT2D eigenvalue weighted by Gasteiger charge is -2.31. The molecular weight excluding hydrogens is 324 g/mol. The molecule has 2 aromatic rings. The first-order valence-corrected chi connectivity index (χ1v) is 8.82. The van der Waals surface area contributed by atoms with Gasteiger partial charge in [0.1, 0.15) is 16.5 Å². The molecule has 23 heavy (non-hydrogen) atoms. The summed E-state index contributed by atoms with van der Waals surface area (Å²) < 4.78 is 55.2. The first kappa shape index (κ1) is 16.1. The molecule has 0 bridgehead atoms. The van der Waals surface area contributed by atoms with Crippen LogP contribution >= 0.6 is 0 Å². The van der Waals surface area contributed by atoms with Crippen LogP contribution in [0.15, 0.2) is 41.8 Å². The summed E-state index contributed by atoms with van der Waals surface area (Å²) in [4.78, 5) is 3.39. The van der Waals surface area contributed by atoms with E-state index in [2.05, 4.69) is 4.98 Å². The standard InChI is InChI=1S/C15H17F2N3O2S/c16-13-1-2-14(17)15(9-13)23(21,22)20-6-3-12(4-7-20)10-19-8-5-18-11-19/h1-2,5,8-9,11-12H,3-4,6-7,10H2. The van der Waals surface area contributed by atoms with Crippen molar-refractivity contribution in [3.63, 3.8) is 0 Å². The summed E-state index contributed by atoms with van der Waals surface area (Å²) in [5.41, 5.74) is 0. The highest BCUT2D eigenvalue weighted by Gasteiger charge is 2.31. The molecule has 124 valence electrons. The van der Waals surface area contributed by atoms with Crippen LogP contribution in [0.5, 0.6) is 0 Å². The van der Waals surface area contributed by atoms with Crippen LogP contribution in [-0.4, -0.2) is 35.4 Å². The average Bonchev–Trinajstić information content (AvgIpc) is 3.03. The molecule has 2 heterocycles. The third-order valence-corrected chi connectivity index (χ3v) is 6.03. The monoisotopic (exact) mass is 341 g/mol. The van der Waals surface area contributed by atoms with E-state index in [9.17, 15) is 17.2 Å². The molecule has 0 spiro atoms. The molecule has 0 N–H and O–H groups in total. The van der Waals surface area contributed by atoms with Crippen molar-refractivity contribution < 1.29 is 17.2 Å². The zero-order valence-corrected chi connectivity index (χ0v) is 13.2. The molecule has 1 aromatic carbocycles. The molecule has 0 aliphatic carbocycles. The maximum atomic E-state index is 13.8. The number of benzene rings is 1. The van der Waals surface area contributed by atoms with Gasteiger partial charge in [-0.3, -0.25) is 0 Å². The quantitative estimate of drug-likeness (QED) is 0.857. The van der Waals surface area contributed by atoms with Crippen molar-refractivity contribution >= 4 is 10.0 Å². The lowest BCUT2D eigenvalue weighted by Crippen LogP contribution is -2.39. The van der Waals surface area contributed by atoms with Gasteiger partial charge in [-0.25, -0.2) is 22.2 Å². The SMILES string of the molecule is O=S(=O)(c1cc(F)ccc1F)N1CCC(Cn2ccnc2)CC1. The minimum absolute atomic E-state index is 0.303. The van der Waals surface area contributed by atoms with E-state index in [1.54, 1.807) is 12.5 Å². The average molecular weight is 341 g/mol. The van der Waals surface area contributed by atoms with Crippen LogP contribution < -0.4 is 0 Å². The first-order chi connectivity index (χ1) is 11.0. The van der Waals surface area contributed by atoms with Gasteiger partial charge in [0.25, 0.3) is 0 Å². The van der Waals surface area contributed by atoms with E-state index in [0.29, 0.717) is 31.8 Å². The summed E-state index contributed by atoms with van der Waals surface area (Å²) in [5, 5.41) is 0. The summed E-state index contributed by atoms with van der Waals surface area (Å²) >= 11 is 0. The van der Waals surface area contributed by atoms with Crippen molar-refractivity contribution in [2.45, 2.75) is 24.3 Å². The molecular formula is C15H17F2N3O2S. The third-order valence-electron chi connectivity index (χ3n) is 4.11. The van der Waals surface area contributed by atoms with Crippen LogP contribution in [0.25, 0.3) is 0 Å². The molecule has 8 heteroatoms. The van der Waals surface area contributed by atoms with E-state index in [1.807, 2.05) is 10.8 Å². The number of rotatable bonds is 4. The highest BCUT2D eigenvalue weighted by molar-refractivity contribution is 7.89. The largest absolute Gasteiger partial charge is 0.337 e. The highest BCUT2D eigenvalue weighted by Crippen LogP contribution is 2.26. The number of hydrogen-bond acceptors (Lipinski definition) is 3. The topological polar surface area (TPSA) is 55.2 Å². The molecule has 0 radical (unpaired) electrons. The Hall–Kier alpha value is -1.80. The van der Waals surface area contributed by atoms with Gasteiger partial charge in [0.2, 0.25) is 10.0 Å². The van der Waals surface area contributed by atoms with E-state index >= 15 is 0 Å². The predicted molar refractivity (Wildman–Crippen MR) is 80.1 cm³/mol. The summed E-state index contributed by atoms with van der Waals surface area (Å²) in [6, 6.07) is 2.49. The van der Waals surface area contributed by atoms with Gasteiger partial charge >= 0.3 is 0 Å². The number of imidazole rings is 1. The summed E-state index contributed by atoms with van der Waals surface area (Å²) in [6.45, 7) is 1.39. The fraction of sp³-hybridized carbons (Fsp3) is 0.400. The normalized spacial score (nSPS) is 17.5. The molecule has 1 aliphatic rings. The second-order valence-corrected chi connectivity index (χ2v) is 7.59. The fourth-order valence-corrected chi connectivity index (χ4v) is 4.38. The highest BCUT2D eigenvalue weighted by atomic mass is 32.2. The number of piperidine rings is 1. The van der Waals surface area contributed by atoms with Crippen LogP contribution in [0.3, 0.4) is 0 Å². The van der Waals surface area contributed by atoms with Crippen LogP contribution in [-0.2, 0) is 16.6 Å². The Kier molecular flexibility index (Phi) is 4.45. The summed E-state index contributed by atoms with van der Waals surface area (Å²) in [7, 11) is -4.00. The zero-order chi connectivity index (χ0) is 16.4. The molecule has 0 atom stereocenters. The Labute approximate surface area is 133 Å². The van der Waals surface area contributed by atoms with Gasteiger partial charge in [0, 0.05) is 32.0 Å². The van der Waals surface area contributed by atoms with E-state index in [1.165, 1.54) is 4.31 Å². The Morgan fingerprint density at radius 1 is 1.22 bits per heavy atom. The Balaban J connectivity index is 1.70. The Morgan fingerprint density at radius 3 is 2.61 bits per heavy atom. The molecule has 0 saturated carbocycles. The second kappa shape index (κ2) is 6.37. The molecule has 3 rings (SSSR count). The molecule has 1 aliphatic heterocycles. The van der Waals surface area contributed by atoms with Gasteiger partial charge in [0.05, 0.1) is 6.33 Å². The maximum Gasteiger partial charge on any atom is 0.246 e. The minimum atomic E-state index is -4.00. The second-order valence-electron chi connectivity index (χ2n) is 5.68. The maximum absolute atomic E-state index is 13.8. The molecule has 0 unspecified atom stereocenters. The van der Waals surface area contributed by atoms with Crippen molar-refractivity contribution in [3.8, 4) is 0 Å². The van der Waals surface area contributed by atoms with Crippen LogP contribution in [0.2, 0.25) is 0 Å². The Bertz CT molecular complexity index is 770. The Morgan fingerprint density at radius 2 is 1.96 bits per heavy atom. The van der Waals surface area contributed by atoms with Crippen LogP contribution in [0.4, 0.5) is 8.78 Å². The van der Waals surface area contributed by atoms with Crippen LogP contribution in [0.1, 0.15) is 12.8 Å². The zero-order valence-electron chi connectivity index (χ0n) is 12.4. The number of nitrogens with zero attached hydrogens (tertiary/aromatic N) is 3.